The van der Waals surface area contributed by atoms with Crippen LogP contribution in [0.4, 0.5) is 0 Å². The van der Waals surface area contributed by atoms with Gasteiger partial charge >= 0.3 is 0 Å². The molecular formula is C11H13NO2. The maximum absolute atomic E-state index is 9.55. The van der Waals surface area contributed by atoms with Crippen LogP contribution in [0.15, 0.2) is 29.1 Å². The van der Waals surface area contributed by atoms with Gasteiger partial charge in [0.15, 0.2) is 0 Å². The van der Waals surface area contributed by atoms with E-state index in [1.807, 2.05) is 20.2 Å². The van der Waals surface area contributed by atoms with Crippen molar-refractivity contribution < 1.29 is 9.52 Å². The summed E-state index contributed by atoms with van der Waals surface area (Å²) in [6.07, 6.45) is 3.25. The standard InChI is InChI=1S/C11H13NO2/c1-12(2)5-8-3-4-11(13)10-7-14-6-9(8)10/h3-4,6-7,13H,5H2,1-2H3. The van der Waals surface area contributed by atoms with Gasteiger partial charge in [-0.3, -0.25) is 0 Å². The Bertz CT molecular complexity index is 445. The molecule has 1 heterocycles. The molecule has 0 saturated carbocycles. The Labute approximate surface area is 82.6 Å². The highest BCUT2D eigenvalue weighted by molar-refractivity contribution is 5.89. The first kappa shape index (κ1) is 9.09. The molecule has 0 aliphatic heterocycles. The fraction of sp³-hybridized carbons (Fsp3) is 0.273. The van der Waals surface area contributed by atoms with E-state index < -0.39 is 0 Å². The third kappa shape index (κ3) is 1.46. The molecule has 0 amide bonds. The first-order valence-corrected chi connectivity index (χ1v) is 4.50. The Hall–Kier alpha value is -1.48. The normalized spacial score (nSPS) is 11.4. The molecular weight excluding hydrogens is 178 g/mol. The first-order chi connectivity index (χ1) is 6.68. The zero-order chi connectivity index (χ0) is 10.1. The summed E-state index contributed by atoms with van der Waals surface area (Å²) in [5.41, 5.74) is 1.16. The van der Waals surface area contributed by atoms with E-state index in [-0.39, 0.29) is 5.75 Å². The van der Waals surface area contributed by atoms with Crippen molar-refractivity contribution in [3.05, 3.63) is 30.2 Å². The molecule has 3 heteroatoms. The summed E-state index contributed by atoms with van der Waals surface area (Å²) in [6, 6.07) is 3.63. The second kappa shape index (κ2) is 3.35. The minimum atomic E-state index is 0.274. The number of fused-ring (bicyclic) bond motifs is 1. The second-order valence-corrected chi connectivity index (χ2v) is 3.68. The number of aromatic hydroxyl groups is 1. The summed E-state index contributed by atoms with van der Waals surface area (Å²) in [5, 5.41) is 11.3. The summed E-state index contributed by atoms with van der Waals surface area (Å²) < 4.78 is 5.09. The second-order valence-electron chi connectivity index (χ2n) is 3.68. The lowest BCUT2D eigenvalue weighted by molar-refractivity contribution is 0.403. The average molecular weight is 191 g/mol. The highest BCUT2D eigenvalue weighted by atomic mass is 16.3. The quantitative estimate of drug-likeness (QED) is 0.790. The lowest BCUT2D eigenvalue weighted by Crippen LogP contribution is -2.10. The van der Waals surface area contributed by atoms with Gasteiger partial charge in [0.05, 0.1) is 11.6 Å². The molecule has 74 valence electrons. The Morgan fingerprint density at radius 3 is 2.64 bits per heavy atom. The number of furan rings is 1. The van der Waals surface area contributed by atoms with Crippen molar-refractivity contribution >= 4 is 10.8 Å². The lowest BCUT2D eigenvalue weighted by atomic mass is 10.1. The molecule has 2 aromatic rings. The molecule has 1 aromatic heterocycles. The number of nitrogens with zero attached hydrogens (tertiary/aromatic N) is 1. The Kier molecular flexibility index (Phi) is 2.17. The van der Waals surface area contributed by atoms with E-state index >= 15 is 0 Å². The molecule has 0 spiro atoms. The number of rotatable bonds is 2. The van der Waals surface area contributed by atoms with Crippen LogP contribution >= 0.6 is 0 Å². The van der Waals surface area contributed by atoms with Crippen LogP contribution in [0.1, 0.15) is 5.56 Å². The zero-order valence-corrected chi connectivity index (χ0v) is 8.32. The number of hydrogen-bond donors (Lipinski definition) is 1. The van der Waals surface area contributed by atoms with E-state index in [1.165, 1.54) is 0 Å². The summed E-state index contributed by atoms with van der Waals surface area (Å²) in [5.74, 6) is 0.274. The molecule has 2 rings (SSSR count). The van der Waals surface area contributed by atoms with Crippen molar-refractivity contribution in [1.29, 1.82) is 0 Å². The fourth-order valence-electron chi connectivity index (χ4n) is 1.58. The van der Waals surface area contributed by atoms with Gasteiger partial charge in [-0.15, -0.1) is 0 Å². The van der Waals surface area contributed by atoms with Gasteiger partial charge in [0.1, 0.15) is 12.0 Å². The van der Waals surface area contributed by atoms with E-state index in [0.717, 1.165) is 22.9 Å². The Balaban J connectivity index is 2.55. The van der Waals surface area contributed by atoms with E-state index in [2.05, 4.69) is 4.90 Å². The summed E-state index contributed by atoms with van der Waals surface area (Å²) in [7, 11) is 4.03. The van der Waals surface area contributed by atoms with Gasteiger partial charge in [-0.2, -0.15) is 0 Å². The lowest BCUT2D eigenvalue weighted by Gasteiger charge is -2.10. The summed E-state index contributed by atoms with van der Waals surface area (Å²) >= 11 is 0. The molecule has 1 aromatic carbocycles. The molecule has 0 atom stereocenters. The summed E-state index contributed by atoms with van der Waals surface area (Å²) in [4.78, 5) is 2.08. The Morgan fingerprint density at radius 2 is 1.93 bits per heavy atom. The number of phenols is 1. The van der Waals surface area contributed by atoms with Gasteiger partial charge in [-0.25, -0.2) is 0 Å². The van der Waals surface area contributed by atoms with Crippen molar-refractivity contribution in [3.8, 4) is 5.75 Å². The van der Waals surface area contributed by atoms with E-state index in [0.29, 0.717) is 0 Å². The number of phenolic OH excluding ortho intramolecular Hbond substituents is 1. The average Bonchev–Trinajstić information content (AvgIpc) is 2.58. The van der Waals surface area contributed by atoms with Crippen molar-refractivity contribution in [2.75, 3.05) is 14.1 Å². The SMILES string of the molecule is CN(C)Cc1ccc(O)c2cocc12. The minimum Gasteiger partial charge on any atom is -0.507 e. The first-order valence-electron chi connectivity index (χ1n) is 4.50. The molecule has 0 aliphatic carbocycles. The van der Waals surface area contributed by atoms with Gasteiger partial charge in [0.25, 0.3) is 0 Å². The molecule has 3 nitrogen and oxygen atoms in total. The highest BCUT2D eigenvalue weighted by Crippen LogP contribution is 2.28. The molecule has 0 saturated heterocycles. The van der Waals surface area contributed by atoms with Gasteiger partial charge < -0.3 is 14.4 Å². The van der Waals surface area contributed by atoms with Crippen molar-refractivity contribution in [2.24, 2.45) is 0 Å². The third-order valence-corrected chi connectivity index (χ3v) is 2.21. The monoisotopic (exact) mass is 191 g/mol. The highest BCUT2D eigenvalue weighted by Gasteiger charge is 2.07. The third-order valence-electron chi connectivity index (χ3n) is 2.21. The van der Waals surface area contributed by atoms with Crippen LogP contribution < -0.4 is 0 Å². The number of hydrogen-bond acceptors (Lipinski definition) is 3. The fourth-order valence-corrected chi connectivity index (χ4v) is 1.58. The molecule has 1 N–H and O–H groups in total. The van der Waals surface area contributed by atoms with Gasteiger partial charge in [0, 0.05) is 11.9 Å². The number of benzene rings is 1. The molecule has 0 bridgehead atoms. The van der Waals surface area contributed by atoms with Crippen molar-refractivity contribution in [1.82, 2.24) is 4.90 Å². The minimum absolute atomic E-state index is 0.274. The van der Waals surface area contributed by atoms with Crippen LogP contribution in [0, 0.1) is 0 Å². The molecule has 0 radical (unpaired) electrons. The van der Waals surface area contributed by atoms with Crippen LogP contribution in [0.2, 0.25) is 0 Å². The van der Waals surface area contributed by atoms with Crippen molar-refractivity contribution in [2.45, 2.75) is 6.54 Å². The van der Waals surface area contributed by atoms with E-state index in [4.69, 9.17) is 4.42 Å². The van der Waals surface area contributed by atoms with E-state index in [9.17, 15) is 5.11 Å². The van der Waals surface area contributed by atoms with Gasteiger partial charge in [-0.1, -0.05) is 6.07 Å². The maximum Gasteiger partial charge on any atom is 0.126 e. The summed E-state index contributed by atoms with van der Waals surface area (Å²) in [6.45, 7) is 0.844. The Morgan fingerprint density at radius 1 is 1.21 bits per heavy atom. The smallest absolute Gasteiger partial charge is 0.126 e. The largest absolute Gasteiger partial charge is 0.507 e. The van der Waals surface area contributed by atoms with Gasteiger partial charge in [0.2, 0.25) is 0 Å². The van der Waals surface area contributed by atoms with Gasteiger partial charge in [-0.05, 0) is 25.7 Å². The molecule has 0 aliphatic rings. The van der Waals surface area contributed by atoms with Crippen LogP contribution in [0.25, 0.3) is 10.8 Å². The van der Waals surface area contributed by atoms with Crippen LogP contribution in [-0.2, 0) is 6.54 Å². The molecule has 14 heavy (non-hydrogen) atoms. The zero-order valence-electron chi connectivity index (χ0n) is 8.32. The maximum atomic E-state index is 9.55. The van der Waals surface area contributed by atoms with Crippen LogP contribution in [0.5, 0.6) is 5.75 Å². The van der Waals surface area contributed by atoms with Crippen LogP contribution in [-0.4, -0.2) is 24.1 Å². The predicted molar refractivity (Wildman–Crippen MR) is 55.3 cm³/mol. The predicted octanol–water partition coefficient (Wildman–Crippen LogP) is 2.20. The topological polar surface area (TPSA) is 36.6 Å². The van der Waals surface area contributed by atoms with Crippen molar-refractivity contribution in [3.63, 3.8) is 0 Å². The molecule has 0 unspecified atom stereocenters. The molecule has 0 fully saturated rings. The van der Waals surface area contributed by atoms with E-state index in [1.54, 1.807) is 18.6 Å². The van der Waals surface area contributed by atoms with Crippen LogP contribution in [0.3, 0.4) is 0 Å².